The molecule has 4 nitrogen and oxygen atoms in total. The summed E-state index contributed by atoms with van der Waals surface area (Å²) < 4.78 is 2.33. The van der Waals surface area contributed by atoms with E-state index in [1.807, 2.05) is 31.2 Å². The van der Waals surface area contributed by atoms with Crippen molar-refractivity contribution >= 4 is 56.5 Å². The van der Waals surface area contributed by atoms with Crippen molar-refractivity contribution in [2.24, 2.45) is 11.5 Å². The SMILES string of the molecule is C=C/C=C(C=N)/C(C)=C/C=C(\N)c1ccc2c(ccc3c(/C=C\C/C(C=C)=C/N)c(C=C)n(-c4cccc5ccccc45)c32)c1. The molecule has 0 unspecified atom stereocenters. The largest absolute Gasteiger partial charge is 0.404 e. The Labute approximate surface area is 265 Å². The molecule has 4 heteroatoms. The van der Waals surface area contributed by atoms with E-state index >= 15 is 0 Å². The highest BCUT2D eigenvalue weighted by Crippen LogP contribution is 2.38. The van der Waals surface area contributed by atoms with Crippen molar-refractivity contribution in [2.75, 3.05) is 0 Å². The summed E-state index contributed by atoms with van der Waals surface area (Å²) in [5.74, 6) is 0. The quantitative estimate of drug-likeness (QED) is 0.106. The molecule has 0 aliphatic rings. The van der Waals surface area contributed by atoms with Crippen molar-refractivity contribution in [1.82, 2.24) is 4.57 Å². The van der Waals surface area contributed by atoms with Gasteiger partial charge in [-0.25, -0.2) is 0 Å². The first-order valence-electron chi connectivity index (χ1n) is 14.8. The fraction of sp³-hybridized carbons (Fsp3) is 0.0488. The van der Waals surface area contributed by atoms with Crippen LogP contribution in [0.5, 0.6) is 0 Å². The van der Waals surface area contributed by atoms with Crippen molar-refractivity contribution in [1.29, 1.82) is 5.41 Å². The molecule has 5 aromatic rings. The third-order valence-electron chi connectivity index (χ3n) is 8.09. The molecule has 0 saturated heterocycles. The van der Waals surface area contributed by atoms with Gasteiger partial charge in [0.25, 0.3) is 0 Å². The van der Waals surface area contributed by atoms with Gasteiger partial charge in [-0.15, -0.1) is 0 Å². The Balaban J connectivity index is 1.75. The van der Waals surface area contributed by atoms with Crippen LogP contribution in [-0.4, -0.2) is 10.8 Å². The smallest absolute Gasteiger partial charge is 0.0619 e. The van der Waals surface area contributed by atoms with Gasteiger partial charge in [-0.05, 0) is 76.9 Å². The van der Waals surface area contributed by atoms with Crippen LogP contribution >= 0.6 is 0 Å². The van der Waals surface area contributed by atoms with Crippen molar-refractivity contribution in [2.45, 2.75) is 13.3 Å². The van der Waals surface area contributed by atoms with E-state index in [4.69, 9.17) is 16.9 Å². The van der Waals surface area contributed by atoms with E-state index in [9.17, 15) is 0 Å². The Morgan fingerprint density at radius 3 is 2.38 bits per heavy atom. The number of hydrogen-bond donors (Lipinski definition) is 3. The second-order valence-electron chi connectivity index (χ2n) is 10.8. The molecule has 0 bridgehead atoms. The molecule has 0 spiro atoms. The van der Waals surface area contributed by atoms with Gasteiger partial charge in [-0.2, -0.15) is 0 Å². The minimum absolute atomic E-state index is 0.644. The normalized spacial score (nSPS) is 13.2. The number of nitrogens with one attached hydrogen (secondary N) is 1. The summed E-state index contributed by atoms with van der Waals surface area (Å²) in [6, 6.07) is 25.6. The number of nitrogens with two attached hydrogens (primary N) is 2. The lowest BCUT2D eigenvalue weighted by molar-refractivity contribution is 1.12. The molecule has 222 valence electrons. The fourth-order valence-electron chi connectivity index (χ4n) is 5.72. The summed E-state index contributed by atoms with van der Waals surface area (Å²) in [7, 11) is 0. The first kappa shape index (κ1) is 30.6. The average molecular weight is 587 g/mol. The molecule has 0 atom stereocenters. The summed E-state index contributed by atoms with van der Waals surface area (Å²) in [6.45, 7) is 13.8. The minimum atomic E-state index is 0.644. The van der Waals surface area contributed by atoms with Gasteiger partial charge in [-0.1, -0.05) is 117 Å². The van der Waals surface area contributed by atoms with Gasteiger partial charge in [0.1, 0.15) is 0 Å². The predicted octanol–water partition coefficient (Wildman–Crippen LogP) is 10.0. The highest BCUT2D eigenvalue weighted by molar-refractivity contribution is 6.12. The van der Waals surface area contributed by atoms with E-state index in [2.05, 4.69) is 109 Å². The minimum Gasteiger partial charge on any atom is -0.404 e. The van der Waals surface area contributed by atoms with E-state index in [0.717, 1.165) is 66.3 Å². The Morgan fingerprint density at radius 1 is 0.867 bits per heavy atom. The molecule has 0 radical (unpaired) electrons. The van der Waals surface area contributed by atoms with E-state index in [0.29, 0.717) is 12.1 Å². The number of allylic oxidation sites excluding steroid dienone is 9. The summed E-state index contributed by atoms with van der Waals surface area (Å²) in [5.41, 5.74) is 20.9. The molecule has 0 saturated carbocycles. The van der Waals surface area contributed by atoms with Crippen LogP contribution < -0.4 is 11.5 Å². The van der Waals surface area contributed by atoms with Crippen LogP contribution in [0.2, 0.25) is 0 Å². The van der Waals surface area contributed by atoms with Crippen LogP contribution in [0.3, 0.4) is 0 Å². The van der Waals surface area contributed by atoms with Crippen molar-refractivity contribution in [3.05, 3.63) is 169 Å². The Morgan fingerprint density at radius 2 is 1.64 bits per heavy atom. The zero-order valence-corrected chi connectivity index (χ0v) is 25.6. The van der Waals surface area contributed by atoms with Crippen LogP contribution in [0.4, 0.5) is 0 Å². The van der Waals surface area contributed by atoms with Crippen molar-refractivity contribution in [3.8, 4) is 5.69 Å². The monoisotopic (exact) mass is 586 g/mol. The van der Waals surface area contributed by atoms with E-state index in [-0.39, 0.29) is 0 Å². The Hall–Kier alpha value is -5.87. The molecular formula is C41H38N4. The highest BCUT2D eigenvalue weighted by Gasteiger charge is 2.19. The molecule has 0 amide bonds. The first-order chi connectivity index (χ1) is 21.9. The van der Waals surface area contributed by atoms with E-state index in [1.165, 1.54) is 11.6 Å². The van der Waals surface area contributed by atoms with Crippen molar-refractivity contribution < 1.29 is 0 Å². The fourth-order valence-corrected chi connectivity index (χ4v) is 5.72. The molecule has 5 N–H and O–H groups in total. The van der Waals surface area contributed by atoms with Gasteiger partial charge in [0.05, 0.1) is 16.9 Å². The zero-order chi connectivity index (χ0) is 31.9. The number of nitrogens with zero attached hydrogens (tertiary/aromatic N) is 1. The molecule has 1 aromatic heterocycles. The zero-order valence-electron chi connectivity index (χ0n) is 25.6. The molecule has 0 fully saturated rings. The summed E-state index contributed by atoms with van der Waals surface area (Å²) >= 11 is 0. The average Bonchev–Trinajstić information content (AvgIpc) is 3.40. The van der Waals surface area contributed by atoms with Crippen LogP contribution in [0.15, 0.2) is 152 Å². The Bertz CT molecular complexity index is 2120. The maximum Gasteiger partial charge on any atom is 0.0619 e. The van der Waals surface area contributed by atoms with Gasteiger partial charge in [0.15, 0.2) is 0 Å². The third-order valence-corrected chi connectivity index (χ3v) is 8.09. The summed E-state index contributed by atoms with van der Waals surface area (Å²) in [4.78, 5) is 0. The molecule has 0 aliphatic carbocycles. The lowest BCUT2D eigenvalue weighted by atomic mass is 10.0. The van der Waals surface area contributed by atoms with Gasteiger partial charge in [-0.3, -0.25) is 0 Å². The summed E-state index contributed by atoms with van der Waals surface area (Å²) in [6.07, 6.45) is 18.9. The molecule has 1 heterocycles. The molecule has 4 aromatic carbocycles. The van der Waals surface area contributed by atoms with Gasteiger partial charge in [0, 0.05) is 33.6 Å². The van der Waals surface area contributed by atoms with Crippen molar-refractivity contribution in [3.63, 3.8) is 0 Å². The molecule has 0 aliphatic heterocycles. The third kappa shape index (κ3) is 5.99. The van der Waals surface area contributed by atoms with Crippen LogP contribution in [-0.2, 0) is 0 Å². The first-order valence-corrected chi connectivity index (χ1v) is 14.8. The second-order valence-corrected chi connectivity index (χ2v) is 10.8. The van der Waals surface area contributed by atoms with Gasteiger partial charge >= 0.3 is 0 Å². The van der Waals surface area contributed by atoms with Crippen LogP contribution in [0, 0.1) is 5.41 Å². The Kier molecular flexibility index (Phi) is 9.26. The van der Waals surface area contributed by atoms with Gasteiger partial charge in [0.2, 0.25) is 0 Å². The number of aromatic nitrogens is 1. The molecular weight excluding hydrogens is 548 g/mol. The lowest BCUT2D eigenvalue weighted by Gasteiger charge is -2.14. The number of hydrogen-bond acceptors (Lipinski definition) is 3. The maximum absolute atomic E-state index is 7.67. The molecule has 45 heavy (non-hydrogen) atoms. The number of fused-ring (bicyclic) bond motifs is 4. The van der Waals surface area contributed by atoms with Crippen LogP contribution in [0.25, 0.3) is 56.0 Å². The predicted molar refractivity (Wildman–Crippen MR) is 197 cm³/mol. The standard InChI is InChI=1S/C41H38N4/c1-5-12-33(27-43)28(4)19-24-38(44)32-21-22-35-31(25-32)20-23-37-36(17-10-13-29(6-2)26-42)39(7-3)45(41(35)37)40-18-11-15-30-14-8-9-16-34(30)40/h5-12,14-27,43H,1-3,13,42,44H2,4H3/b17-10-,28-19+,29-26+,33-12+,38-24-,43-27?. The summed E-state index contributed by atoms with van der Waals surface area (Å²) in [5, 5.41) is 13.3. The van der Waals surface area contributed by atoms with Gasteiger partial charge < -0.3 is 21.4 Å². The topological polar surface area (TPSA) is 80.8 Å². The second kappa shape index (κ2) is 13.6. The van der Waals surface area contributed by atoms with E-state index in [1.54, 1.807) is 18.4 Å². The van der Waals surface area contributed by atoms with Crippen LogP contribution in [0.1, 0.15) is 30.2 Å². The molecule has 5 rings (SSSR count). The lowest BCUT2D eigenvalue weighted by Crippen LogP contribution is -1.99. The number of benzene rings is 4. The van der Waals surface area contributed by atoms with E-state index < -0.39 is 0 Å². The number of rotatable bonds is 11. The highest BCUT2D eigenvalue weighted by atomic mass is 15.0. The maximum atomic E-state index is 7.67.